The molecule has 1 aliphatic heterocycles. The first-order valence-electron chi connectivity index (χ1n) is 10.1. The normalized spacial score (nSPS) is 15.5. The Morgan fingerprint density at radius 2 is 1.76 bits per heavy atom. The summed E-state index contributed by atoms with van der Waals surface area (Å²) in [5.74, 6) is 0.299. The number of carbonyl (C=O) groups is 1. The van der Waals surface area contributed by atoms with Gasteiger partial charge in [-0.3, -0.25) is 4.79 Å². The largest absolute Gasteiger partial charge is 0.484 e. The zero-order chi connectivity index (χ0) is 20.7. The third-order valence-corrected chi connectivity index (χ3v) is 6.89. The van der Waals surface area contributed by atoms with E-state index in [1.54, 1.807) is 28.6 Å². The highest BCUT2D eigenvalue weighted by Crippen LogP contribution is 2.22. The lowest BCUT2D eigenvalue weighted by Crippen LogP contribution is -2.32. The number of benzene rings is 2. The van der Waals surface area contributed by atoms with E-state index < -0.39 is 10.0 Å². The van der Waals surface area contributed by atoms with Gasteiger partial charge in [0, 0.05) is 18.8 Å². The smallest absolute Gasteiger partial charge is 0.262 e. The van der Waals surface area contributed by atoms with Crippen molar-refractivity contribution in [2.24, 2.45) is 0 Å². The first-order valence-corrected chi connectivity index (χ1v) is 11.5. The van der Waals surface area contributed by atoms with E-state index in [0.717, 1.165) is 37.7 Å². The van der Waals surface area contributed by atoms with Crippen LogP contribution in [0.3, 0.4) is 0 Å². The van der Waals surface area contributed by atoms with Gasteiger partial charge in [-0.1, -0.05) is 38.0 Å². The Hall–Kier alpha value is -2.38. The van der Waals surface area contributed by atoms with Crippen molar-refractivity contribution in [1.29, 1.82) is 0 Å². The molecule has 0 aromatic heterocycles. The molecule has 0 aliphatic carbocycles. The molecule has 0 spiro atoms. The molecule has 29 heavy (non-hydrogen) atoms. The second-order valence-electron chi connectivity index (χ2n) is 7.18. The Morgan fingerprint density at radius 1 is 1.03 bits per heavy atom. The average Bonchev–Trinajstić information content (AvgIpc) is 3.03. The van der Waals surface area contributed by atoms with Gasteiger partial charge in [-0.15, -0.1) is 0 Å². The van der Waals surface area contributed by atoms with E-state index in [1.807, 2.05) is 18.2 Å². The molecule has 0 atom stereocenters. The van der Waals surface area contributed by atoms with Crippen molar-refractivity contribution >= 4 is 21.6 Å². The van der Waals surface area contributed by atoms with Crippen molar-refractivity contribution in [3.63, 3.8) is 0 Å². The summed E-state index contributed by atoms with van der Waals surface area (Å²) in [5.41, 5.74) is 1.58. The number of hydrogen-bond acceptors (Lipinski definition) is 4. The number of carbonyl (C=O) groups excluding carboxylic acids is 1. The highest BCUT2D eigenvalue weighted by atomic mass is 32.2. The van der Waals surface area contributed by atoms with Gasteiger partial charge in [0.15, 0.2) is 6.61 Å². The number of aryl methyl sites for hydroxylation is 1. The van der Waals surface area contributed by atoms with Gasteiger partial charge < -0.3 is 10.1 Å². The molecule has 2 aromatic rings. The number of nitrogens with one attached hydrogen (secondary N) is 1. The molecule has 1 saturated heterocycles. The molecule has 1 heterocycles. The lowest BCUT2D eigenvalue weighted by atomic mass is 10.2. The summed E-state index contributed by atoms with van der Waals surface area (Å²) in [6, 6.07) is 14.0. The number of hydrogen-bond donors (Lipinski definition) is 1. The van der Waals surface area contributed by atoms with Crippen molar-refractivity contribution in [3.8, 4) is 5.75 Å². The number of anilines is 1. The minimum absolute atomic E-state index is 0.143. The molecule has 1 fully saturated rings. The quantitative estimate of drug-likeness (QED) is 0.744. The minimum Gasteiger partial charge on any atom is -0.484 e. The monoisotopic (exact) mass is 416 g/mol. The molecular formula is C22H28N2O4S. The highest BCUT2D eigenvalue weighted by molar-refractivity contribution is 7.89. The molecule has 7 heteroatoms. The van der Waals surface area contributed by atoms with Gasteiger partial charge in [0.05, 0.1) is 4.90 Å². The molecule has 6 nitrogen and oxygen atoms in total. The summed E-state index contributed by atoms with van der Waals surface area (Å²) < 4.78 is 33.0. The minimum atomic E-state index is -3.56. The molecule has 0 radical (unpaired) electrons. The molecule has 3 rings (SSSR count). The second kappa shape index (κ2) is 9.89. The topological polar surface area (TPSA) is 75.7 Å². The Morgan fingerprint density at radius 3 is 2.48 bits per heavy atom. The van der Waals surface area contributed by atoms with Crippen LogP contribution in [0, 0.1) is 0 Å². The number of amides is 1. The van der Waals surface area contributed by atoms with Crippen molar-refractivity contribution in [2.45, 2.75) is 43.9 Å². The van der Waals surface area contributed by atoms with E-state index in [-0.39, 0.29) is 17.4 Å². The van der Waals surface area contributed by atoms with E-state index in [1.165, 1.54) is 6.07 Å². The third kappa shape index (κ3) is 5.81. The van der Waals surface area contributed by atoms with Crippen LogP contribution in [-0.4, -0.2) is 38.3 Å². The maximum atomic E-state index is 12.9. The summed E-state index contributed by atoms with van der Waals surface area (Å²) in [4.78, 5) is 12.5. The maximum Gasteiger partial charge on any atom is 0.262 e. The van der Waals surface area contributed by atoms with Crippen LogP contribution in [0.25, 0.3) is 0 Å². The lowest BCUT2D eigenvalue weighted by molar-refractivity contribution is -0.118. The van der Waals surface area contributed by atoms with Crippen molar-refractivity contribution < 1.29 is 17.9 Å². The molecule has 0 unspecified atom stereocenters. The summed E-state index contributed by atoms with van der Waals surface area (Å²) in [7, 11) is -3.56. The van der Waals surface area contributed by atoms with Gasteiger partial charge in [-0.2, -0.15) is 4.31 Å². The SMILES string of the molecule is CCc1cccc(OCC(=O)Nc2cccc(S(=O)(=O)N3CCCCCC3)c2)c1. The second-order valence-corrected chi connectivity index (χ2v) is 9.12. The summed E-state index contributed by atoms with van der Waals surface area (Å²) in [6.45, 7) is 3.00. The van der Waals surface area contributed by atoms with Crippen LogP contribution in [0.5, 0.6) is 5.75 Å². The number of sulfonamides is 1. The predicted octanol–water partition coefficient (Wildman–Crippen LogP) is 3.83. The van der Waals surface area contributed by atoms with Crippen LogP contribution >= 0.6 is 0 Å². The van der Waals surface area contributed by atoms with Crippen molar-refractivity contribution in [3.05, 3.63) is 54.1 Å². The molecule has 156 valence electrons. The fraction of sp³-hybridized carbons (Fsp3) is 0.409. The fourth-order valence-corrected chi connectivity index (χ4v) is 4.93. The van der Waals surface area contributed by atoms with E-state index >= 15 is 0 Å². The van der Waals surface area contributed by atoms with Crippen LogP contribution in [0.2, 0.25) is 0 Å². The van der Waals surface area contributed by atoms with Crippen LogP contribution in [0.1, 0.15) is 38.2 Å². The van der Waals surface area contributed by atoms with E-state index in [2.05, 4.69) is 12.2 Å². The van der Waals surface area contributed by atoms with Crippen molar-refractivity contribution in [2.75, 3.05) is 25.0 Å². The summed E-state index contributed by atoms with van der Waals surface area (Å²) >= 11 is 0. The third-order valence-electron chi connectivity index (χ3n) is 5.00. The van der Waals surface area contributed by atoms with Crippen LogP contribution < -0.4 is 10.1 Å². The summed E-state index contributed by atoms with van der Waals surface area (Å²) in [5, 5.41) is 2.72. The molecular weight excluding hydrogens is 388 g/mol. The Kier molecular flexibility index (Phi) is 7.28. The molecule has 0 bridgehead atoms. The zero-order valence-corrected chi connectivity index (χ0v) is 17.6. The molecule has 2 aromatic carbocycles. The Bertz CT molecular complexity index is 935. The predicted molar refractivity (Wildman–Crippen MR) is 114 cm³/mol. The van der Waals surface area contributed by atoms with Gasteiger partial charge >= 0.3 is 0 Å². The highest BCUT2D eigenvalue weighted by Gasteiger charge is 2.25. The van der Waals surface area contributed by atoms with Crippen molar-refractivity contribution in [1.82, 2.24) is 4.31 Å². The van der Waals surface area contributed by atoms with Gasteiger partial charge in [0.2, 0.25) is 10.0 Å². The fourth-order valence-electron chi connectivity index (χ4n) is 3.37. The number of nitrogens with zero attached hydrogens (tertiary/aromatic N) is 1. The van der Waals surface area contributed by atoms with E-state index in [0.29, 0.717) is 24.5 Å². The number of ether oxygens (including phenoxy) is 1. The number of rotatable bonds is 7. The standard InChI is InChI=1S/C22H28N2O4S/c1-2-18-9-7-11-20(15-18)28-17-22(25)23-19-10-8-12-21(16-19)29(26,27)24-13-5-3-4-6-14-24/h7-12,15-16H,2-6,13-14,17H2,1H3,(H,23,25). The zero-order valence-electron chi connectivity index (χ0n) is 16.8. The molecule has 0 saturated carbocycles. The van der Waals surface area contributed by atoms with Crippen LogP contribution in [-0.2, 0) is 21.2 Å². The van der Waals surface area contributed by atoms with Crippen LogP contribution in [0.15, 0.2) is 53.4 Å². The lowest BCUT2D eigenvalue weighted by Gasteiger charge is -2.20. The average molecular weight is 417 g/mol. The van der Waals surface area contributed by atoms with Gasteiger partial charge in [0.1, 0.15) is 5.75 Å². The Labute approximate surface area is 172 Å². The van der Waals surface area contributed by atoms with Gasteiger partial charge in [-0.25, -0.2) is 8.42 Å². The summed E-state index contributed by atoms with van der Waals surface area (Å²) in [6.07, 6.45) is 4.77. The first-order chi connectivity index (χ1) is 14.0. The molecule has 1 aliphatic rings. The van der Waals surface area contributed by atoms with Gasteiger partial charge in [-0.05, 0) is 55.2 Å². The molecule has 1 amide bonds. The maximum absolute atomic E-state index is 12.9. The molecule has 1 N–H and O–H groups in total. The Balaban J connectivity index is 1.63. The first kappa shape index (κ1) is 21.3. The van der Waals surface area contributed by atoms with E-state index in [9.17, 15) is 13.2 Å². The van der Waals surface area contributed by atoms with E-state index in [4.69, 9.17) is 4.74 Å². The van der Waals surface area contributed by atoms with Gasteiger partial charge in [0.25, 0.3) is 5.91 Å². The van der Waals surface area contributed by atoms with Crippen LogP contribution in [0.4, 0.5) is 5.69 Å².